The van der Waals surface area contributed by atoms with E-state index < -0.39 is 0 Å². The summed E-state index contributed by atoms with van der Waals surface area (Å²) >= 11 is 1.65. The SMILES string of the molecule is CSCCC(=O)Nc1ccc(N)nc1. The van der Waals surface area contributed by atoms with Crippen molar-refractivity contribution in [1.82, 2.24) is 4.98 Å². The fourth-order valence-corrected chi connectivity index (χ4v) is 1.29. The largest absolute Gasteiger partial charge is 0.384 e. The number of pyridine rings is 1. The zero-order valence-electron chi connectivity index (χ0n) is 7.99. The molecule has 4 nitrogen and oxygen atoms in total. The minimum Gasteiger partial charge on any atom is -0.384 e. The van der Waals surface area contributed by atoms with Crippen molar-refractivity contribution in [2.45, 2.75) is 6.42 Å². The van der Waals surface area contributed by atoms with Gasteiger partial charge in [-0.25, -0.2) is 4.98 Å². The van der Waals surface area contributed by atoms with E-state index in [1.807, 2.05) is 6.26 Å². The molecule has 0 bridgehead atoms. The van der Waals surface area contributed by atoms with E-state index in [0.29, 0.717) is 17.9 Å². The quantitative estimate of drug-likeness (QED) is 0.789. The number of amides is 1. The summed E-state index contributed by atoms with van der Waals surface area (Å²) in [5, 5.41) is 2.73. The molecule has 1 aromatic rings. The van der Waals surface area contributed by atoms with E-state index in [4.69, 9.17) is 5.73 Å². The number of nitrogens with two attached hydrogens (primary N) is 1. The minimum absolute atomic E-state index is 0.00548. The molecule has 0 atom stereocenters. The van der Waals surface area contributed by atoms with Crippen molar-refractivity contribution in [1.29, 1.82) is 0 Å². The van der Waals surface area contributed by atoms with Gasteiger partial charge in [-0.05, 0) is 18.4 Å². The van der Waals surface area contributed by atoms with Crippen molar-refractivity contribution < 1.29 is 4.79 Å². The molecule has 0 unspecified atom stereocenters. The van der Waals surface area contributed by atoms with Gasteiger partial charge in [0.2, 0.25) is 5.91 Å². The van der Waals surface area contributed by atoms with Gasteiger partial charge in [-0.15, -0.1) is 0 Å². The molecule has 3 N–H and O–H groups in total. The van der Waals surface area contributed by atoms with Crippen LogP contribution in [0.3, 0.4) is 0 Å². The highest BCUT2D eigenvalue weighted by atomic mass is 32.2. The third-order valence-corrected chi connectivity index (χ3v) is 2.22. The zero-order chi connectivity index (χ0) is 10.4. The number of anilines is 2. The van der Waals surface area contributed by atoms with Crippen LogP contribution in [-0.4, -0.2) is 22.9 Å². The molecule has 0 radical (unpaired) electrons. The fraction of sp³-hybridized carbons (Fsp3) is 0.333. The van der Waals surface area contributed by atoms with Crippen LogP contribution in [0.1, 0.15) is 6.42 Å². The average Bonchev–Trinajstić information content (AvgIpc) is 2.18. The normalized spacial score (nSPS) is 9.79. The van der Waals surface area contributed by atoms with Gasteiger partial charge < -0.3 is 11.1 Å². The van der Waals surface area contributed by atoms with E-state index in [1.54, 1.807) is 30.1 Å². The number of thioether (sulfide) groups is 1. The lowest BCUT2D eigenvalue weighted by atomic mass is 10.3. The van der Waals surface area contributed by atoms with Crippen LogP contribution in [0.5, 0.6) is 0 Å². The molecule has 0 fully saturated rings. The molecule has 0 aliphatic rings. The molecule has 1 heterocycles. The van der Waals surface area contributed by atoms with E-state index >= 15 is 0 Å². The molecule has 1 amide bonds. The third-order valence-electron chi connectivity index (χ3n) is 1.60. The summed E-state index contributed by atoms with van der Waals surface area (Å²) in [5.74, 6) is 1.28. The second-order valence-corrected chi connectivity index (χ2v) is 3.75. The maximum atomic E-state index is 11.3. The Morgan fingerprint density at radius 1 is 1.64 bits per heavy atom. The standard InChI is InChI=1S/C9H13N3OS/c1-14-5-4-9(13)12-7-2-3-8(10)11-6-7/h2-3,6H,4-5H2,1H3,(H2,10,11)(H,12,13). The van der Waals surface area contributed by atoms with Crippen LogP contribution in [0, 0.1) is 0 Å². The van der Waals surface area contributed by atoms with Gasteiger partial charge in [-0.3, -0.25) is 4.79 Å². The maximum absolute atomic E-state index is 11.3. The number of rotatable bonds is 4. The van der Waals surface area contributed by atoms with Crippen molar-refractivity contribution >= 4 is 29.2 Å². The monoisotopic (exact) mass is 211 g/mol. The lowest BCUT2D eigenvalue weighted by molar-refractivity contribution is -0.115. The fourth-order valence-electron chi connectivity index (χ4n) is 0.897. The molecule has 1 rings (SSSR count). The Morgan fingerprint density at radius 2 is 2.43 bits per heavy atom. The maximum Gasteiger partial charge on any atom is 0.225 e. The Kier molecular flexibility index (Phi) is 4.25. The Labute approximate surface area is 87.3 Å². The van der Waals surface area contributed by atoms with Crippen LogP contribution in [-0.2, 0) is 4.79 Å². The highest BCUT2D eigenvalue weighted by Gasteiger charge is 2.01. The predicted octanol–water partition coefficient (Wildman–Crippen LogP) is 1.36. The Balaban J connectivity index is 2.44. The van der Waals surface area contributed by atoms with Crippen molar-refractivity contribution in [2.75, 3.05) is 23.1 Å². The van der Waals surface area contributed by atoms with Crippen molar-refractivity contribution in [2.24, 2.45) is 0 Å². The first kappa shape index (κ1) is 10.8. The van der Waals surface area contributed by atoms with Crippen LogP contribution in [0.15, 0.2) is 18.3 Å². The Morgan fingerprint density at radius 3 is 3.00 bits per heavy atom. The Bertz CT molecular complexity index is 299. The molecule has 0 spiro atoms. The number of hydrogen-bond acceptors (Lipinski definition) is 4. The van der Waals surface area contributed by atoms with E-state index in [9.17, 15) is 4.79 Å². The number of nitrogens with zero attached hydrogens (tertiary/aromatic N) is 1. The molecule has 0 saturated carbocycles. The van der Waals surface area contributed by atoms with E-state index in [2.05, 4.69) is 10.3 Å². The third kappa shape index (κ3) is 3.66. The molecule has 0 aliphatic heterocycles. The summed E-state index contributed by atoms with van der Waals surface area (Å²) in [6.45, 7) is 0. The molecular formula is C9H13N3OS. The van der Waals surface area contributed by atoms with Crippen LogP contribution in [0.2, 0.25) is 0 Å². The van der Waals surface area contributed by atoms with Crippen molar-refractivity contribution in [3.8, 4) is 0 Å². The molecule has 14 heavy (non-hydrogen) atoms. The second kappa shape index (κ2) is 5.49. The highest BCUT2D eigenvalue weighted by Crippen LogP contribution is 2.07. The van der Waals surface area contributed by atoms with E-state index in [1.165, 1.54) is 0 Å². The van der Waals surface area contributed by atoms with Gasteiger partial charge in [0.15, 0.2) is 0 Å². The first-order chi connectivity index (χ1) is 6.72. The van der Waals surface area contributed by atoms with Gasteiger partial charge in [-0.2, -0.15) is 11.8 Å². The van der Waals surface area contributed by atoms with Gasteiger partial charge >= 0.3 is 0 Å². The van der Waals surface area contributed by atoms with Crippen LogP contribution >= 0.6 is 11.8 Å². The molecule has 76 valence electrons. The van der Waals surface area contributed by atoms with Crippen LogP contribution in [0.25, 0.3) is 0 Å². The van der Waals surface area contributed by atoms with Gasteiger partial charge in [-0.1, -0.05) is 0 Å². The number of nitrogens with one attached hydrogen (secondary N) is 1. The van der Waals surface area contributed by atoms with Crippen molar-refractivity contribution in [3.63, 3.8) is 0 Å². The van der Waals surface area contributed by atoms with E-state index in [-0.39, 0.29) is 5.91 Å². The number of hydrogen-bond donors (Lipinski definition) is 2. The van der Waals surface area contributed by atoms with Crippen LogP contribution < -0.4 is 11.1 Å². The summed E-state index contributed by atoms with van der Waals surface area (Å²) in [6.07, 6.45) is 4.04. The van der Waals surface area contributed by atoms with Crippen molar-refractivity contribution in [3.05, 3.63) is 18.3 Å². The summed E-state index contributed by atoms with van der Waals surface area (Å²) < 4.78 is 0. The number of aromatic nitrogens is 1. The molecule has 0 saturated heterocycles. The average molecular weight is 211 g/mol. The first-order valence-corrected chi connectivity index (χ1v) is 5.62. The number of nitrogen functional groups attached to an aromatic ring is 1. The molecule has 0 aliphatic carbocycles. The molecule has 1 aromatic heterocycles. The topological polar surface area (TPSA) is 68.0 Å². The molecule has 0 aromatic carbocycles. The lowest BCUT2D eigenvalue weighted by Gasteiger charge is -2.03. The smallest absolute Gasteiger partial charge is 0.225 e. The molecule has 5 heteroatoms. The summed E-state index contributed by atoms with van der Waals surface area (Å²) in [4.78, 5) is 15.1. The number of carbonyl (C=O) groups excluding carboxylic acids is 1. The first-order valence-electron chi connectivity index (χ1n) is 4.22. The predicted molar refractivity (Wildman–Crippen MR) is 60.3 cm³/mol. The second-order valence-electron chi connectivity index (χ2n) is 2.76. The minimum atomic E-state index is 0.00548. The summed E-state index contributed by atoms with van der Waals surface area (Å²) in [6, 6.07) is 3.39. The summed E-state index contributed by atoms with van der Waals surface area (Å²) in [7, 11) is 0. The van der Waals surface area contributed by atoms with Gasteiger partial charge in [0.1, 0.15) is 5.82 Å². The Hall–Kier alpha value is -1.23. The highest BCUT2D eigenvalue weighted by molar-refractivity contribution is 7.98. The molecular weight excluding hydrogens is 198 g/mol. The van der Waals surface area contributed by atoms with Gasteiger partial charge in [0.25, 0.3) is 0 Å². The van der Waals surface area contributed by atoms with Gasteiger partial charge in [0, 0.05) is 12.2 Å². The van der Waals surface area contributed by atoms with Crippen LogP contribution in [0.4, 0.5) is 11.5 Å². The van der Waals surface area contributed by atoms with E-state index in [0.717, 1.165) is 5.75 Å². The lowest BCUT2D eigenvalue weighted by Crippen LogP contribution is -2.12. The van der Waals surface area contributed by atoms with Gasteiger partial charge in [0.05, 0.1) is 11.9 Å². The summed E-state index contributed by atoms with van der Waals surface area (Å²) in [5.41, 5.74) is 6.10. The zero-order valence-corrected chi connectivity index (χ0v) is 8.80. The number of carbonyl (C=O) groups is 1.